The van der Waals surface area contributed by atoms with Gasteiger partial charge in [0.25, 0.3) is 0 Å². The summed E-state index contributed by atoms with van der Waals surface area (Å²) in [6.07, 6.45) is -5.91. The second-order valence-corrected chi connectivity index (χ2v) is 15.8. The minimum Gasteiger partial charge on any atom is -0.394 e. The van der Waals surface area contributed by atoms with E-state index in [2.05, 4.69) is 41.3 Å². The summed E-state index contributed by atoms with van der Waals surface area (Å²) in [7, 11) is 0. The van der Waals surface area contributed by atoms with Crippen LogP contribution in [-0.2, 0) is 14.2 Å². The second-order valence-electron chi connectivity index (χ2n) is 15.8. The Hall–Kier alpha value is -5.96. The number of halogens is 3. The topological polar surface area (TPSA) is 360 Å². The first kappa shape index (κ1) is 55.0. The fourth-order valence-corrected chi connectivity index (χ4v) is 7.49. The molecule has 2 aromatic heterocycles. The largest absolute Gasteiger partial charge is 0.394 e. The normalized spacial score (nSPS) is 30.4. The fraction of sp³-hybridized carbons (Fsp3) is 0.455. The molecule has 0 saturated carbocycles. The van der Waals surface area contributed by atoms with Crippen molar-refractivity contribution in [1.29, 1.82) is 0 Å². The van der Waals surface area contributed by atoms with Crippen LogP contribution in [0.2, 0.25) is 0 Å². The molecule has 3 aromatic carbocycles. The van der Waals surface area contributed by atoms with Gasteiger partial charge in [-0.25, -0.2) is 22.5 Å². The van der Waals surface area contributed by atoms with Crippen LogP contribution in [0.1, 0.15) is 31.0 Å². The SMILES string of the molecule is C#Cc1cccc(F)c1.CCC1OC(CO)[C@H](O)[C@H](n2cc(-c3cccc(F)c3)nn2)C1O.OCC1OC(O)C(O)[C@@H](n2cc(-c3cccc(F)c3)nn2)[C@H]1O.[N-]=[N+]=N[C@@H]1C(O)C(O)OC(CO)[C@@H]1O. The summed E-state index contributed by atoms with van der Waals surface area (Å²) in [6, 6.07) is 14.5. The number of aliphatic hydroxyl groups excluding tert-OH is 11. The number of aromatic nitrogens is 6. The molecule has 26 heteroatoms. The lowest BCUT2D eigenvalue weighted by molar-refractivity contribution is -0.270. The number of azide groups is 1. The molecule has 5 aromatic rings. The van der Waals surface area contributed by atoms with E-state index in [1.807, 2.05) is 6.92 Å². The maximum Gasteiger partial charge on any atom is 0.183 e. The number of ether oxygens (including phenoxy) is 3. The first-order valence-corrected chi connectivity index (χ1v) is 21.4. The van der Waals surface area contributed by atoms with Crippen LogP contribution in [0.4, 0.5) is 13.2 Å². The van der Waals surface area contributed by atoms with Gasteiger partial charge in [-0.3, -0.25) is 0 Å². The van der Waals surface area contributed by atoms with Gasteiger partial charge >= 0.3 is 0 Å². The Morgan fingerprint density at radius 2 is 1.04 bits per heavy atom. The van der Waals surface area contributed by atoms with Gasteiger partial charge in [-0.15, -0.1) is 16.6 Å². The molecule has 23 nitrogen and oxygen atoms in total. The molecule has 378 valence electrons. The summed E-state index contributed by atoms with van der Waals surface area (Å²) in [6.45, 7) is 0.401. The van der Waals surface area contributed by atoms with Crippen molar-refractivity contribution in [1.82, 2.24) is 30.0 Å². The summed E-state index contributed by atoms with van der Waals surface area (Å²) < 4.78 is 56.5. The van der Waals surface area contributed by atoms with E-state index < -0.39 is 111 Å². The molecular weight excluding hydrogens is 936 g/mol. The van der Waals surface area contributed by atoms with E-state index in [0.29, 0.717) is 34.5 Å². The van der Waals surface area contributed by atoms with E-state index >= 15 is 0 Å². The third-order valence-corrected chi connectivity index (χ3v) is 11.2. The zero-order valence-corrected chi connectivity index (χ0v) is 37.0. The Kier molecular flexibility index (Phi) is 20.2. The Morgan fingerprint density at radius 1 is 0.614 bits per heavy atom. The summed E-state index contributed by atoms with van der Waals surface area (Å²) in [5.74, 6) is 1.22. The molecular formula is C44H52F3N9O14. The molecule has 5 heterocycles. The molecule has 0 amide bonds. The molecule has 11 N–H and O–H groups in total. The summed E-state index contributed by atoms with van der Waals surface area (Å²) in [5.41, 5.74) is 10.5. The van der Waals surface area contributed by atoms with Gasteiger partial charge in [0, 0.05) is 21.6 Å². The van der Waals surface area contributed by atoms with Gasteiger partial charge in [0.05, 0.1) is 50.5 Å². The molecule has 3 aliphatic heterocycles. The van der Waals surface area contributed by atoms with E-state index in [-0.39, 0.29) is 18.2 Å². The minimum atomic E-state index is -1.58. The fourth-order valence-electron chi connectivity index (χ4n) is 7.49. The van der Waals surface area contributed by atoms with Crippen molar-refractivity contribution in [2.45, 2.75) is 105 Å². The van der Waals surface area contributed by atoms with Gasteiger partial charge in [0.15, 0.2) is 12.6 Å². The van der Waals surface area contributed by atoms with E-state index in [9.17, 15) is 59.1 Å². The molecule has 3 fully saturated rings. The Morgan fingerprint density at radius 3 is 1.47 bits per heavy atom. The smallest absolute Gasteiger partial charge is 0.183 e. The Bertz CT molecular complexity index is 2500. The number of hydrogen-bond acceptors (Lipinski definition) is 19. The van der Waals surface area contributed by atoms with Crippen LogP contribution in [0.25, 0.3) is 33.0 Å². The van der Waals surface area contributed by atoms with E-state index in [0.717, 1.165) is 0 Å². The highest BCUT2D eigenvalue weighted by molar-refractivity contribution is 5.58. The molecule has 3 aliphatic rings. The predicted molar refractivity (Wildman–Crippen MR) is 234 cm³/mol. The summed E-state index contributed by atoms with van der Waals surface area (Å²) in [5, 5.41) is 125. The molecule has 0 bridgehead atoms. The van der Waals surface area contributed by atoms with Gasteiger partial charge in [-0.2, -0.15) is 0 Å². The number of nitrogens with zero attached hydrogens (tertiary/aromatic N) is 9. The van der Waals surface area contributed by atoms with Crippen LogP contribution in [-0.4, -0.2) is 186 Å². The molecule has 9 unspecified atom stereocenters. The number of hydrogen-bond donors (Lipinski definition) is 11. The molecule has 3 saturated heterocycles. The van der Waals surface area contributed by atoms with Crippen LogP contribution in [0.3, 0.4) is 0 Å². The van der Waals surface area contributed by atoms with Crippen molar-refractivity contribution in [2.75, 3.05) is 19.8 Å². The average Bonchev–Trinajstić information content (AvgIpc) is 4.05. The van der Waals surface area contributed by atoms with Crippen LogP contribution in [0, 0.1) is 29.8 Å². The van der Waals surface area contributed by atoms with Crippen molar-refractivity contribution in [3.63, 3.8) is 0 Å². The third kappa shape index (κ3) is 13.5. The van der Waals surface area contributed by atoms with E-state index in [1.54, 1.807) is 36.5 Å². The Balaban J connectivity index is 0.000000184. The van der Waals surface area contributed by atoms with E-state index in [4.69, 9.17) is 31.6 Å². The number of aliphatic hydroxyl groups is 11. The highest BCUT2D eigenvalue weighted by Crippen LogP contribution is 2.33. The minimum absolute atomic E-state index is 0.287. The van der Waals surface area contributed by atoms with Crippen molar-refractivity contribution in [3.8, 4) is 34.9 Å². The maximum atomic E-state index is 13.4. The zero-order valence-electron chi connectivity index (χ0n) is 37.0. The molecule has 15 atom stereocenters. The molecule has 0 aliphatic carbocycles. The first-order valence-electron chi connectivity index (χ1n) is 21.4. The highest BCUT2D eigenvalue weighted by atomic mass is 19.1. The highest BCUT2D eigenvalue weighted by Gasteiger charge is 2.47. The van der Waals surface area contributed by atoms with Gasteiger partial charge in [-0.05, 0) is 54.4 Å². The van der Waals surface area contributed by atoms with Gasteiger partial charge < -0.3 is 70.4 Å². The van der Waals surface area contributed by atoms with Gasteiger partial charge in [-0.1, -0.05) is 58.7 Å². The average molecular weight is 988 g/mol. The zero-order chi connectivity index (χ0) is 51.2. The van der Waals surface area contributed by atoms with Crippen LogP contribution >= 0.6 is 0 Å². The van der Waals surface area contributed by atoms with Crippen molar-refractivity contribution >= 4 is 0 Å². The van der Waals surface area contributed by atoms with Gasteiger partial charge in [0.1, 0.15) is 89.8 Å². The third-order valence-electron chi connectivity index (χ3n) is 11.2. The quantitative estimate of drug-likeness (QED) is 0.0383. The molecule has 0 spiro atoms. The maximum absolute atomic E-state index is 13.4. The van der Waals surface area contributed by atoms with Crippen LogP contribution in [0.15, 0.2) is 90.3 Å². The van der Waals surface area contributed by atoms with E-state index in [1.165, 1.54) is 58.0 Å². The van der Waals surface area contributed by atoms with Gasteiger partial charge in [0.2, 0.25) is 0 Å². The lowest BCUT2D eigenvalue weighted by Gasteiger charge is -2.41. The summed E-state index contributed by atoms with van der Waals surface area (Å²) >= 11 is 0. The predicted octanol–water partition coefficient (Wildman–Crippen LogP) is -0.523. The van der Waals surface area contributed by atoms with Crippen molar-refractivity contribution in [2.24, 2.45) is 5.11 Å². The van der Waals surface area contributed by atoms with Crippen molar-refractivity contribution in [3.05, 3.63) is 119 Å². The monoisotopic (exact) mass is 987 g/mol. The lowest BCUT2D eigenvalue weighted by Crippen LogP contribution is -2.57. The molecule has 0 radical (unpaired) electrons. The number of terminal acetylenes is 1. The summed E-state index contributed by atoms with van der Waals surface area (Å²) in [4.78, 5) is 2.42. The number of rotatable bonds is 9. The van der Waals surface area contributed by atoms with Crippen molar-refractivity contribution < 1.29 is 83.6 Å². The standard InChI is InChI=1S/C16H20FN3O4.C14H16FN3O5.C8H5F.C6H11N3O5/c1-2-12-15(22)14(16(23)13(8-21)24-12)20-7-11(18-19-20)9-4-3-5-10(17)6-9;15-8-3-1-2-7(4-8)9-5-18(17-16-9)11-12(20)10(6-19)23-14(22)13(11)21;1-2-7-4-3-5-8(9)6-7;7-9-8-3-4(11)2(1-10)14-6(13)5(3)12/h3-7,12-16,21-23H,2,8H2,1H3;1-5,10-14,19-22H,6H2;1,3-6H;2-6,10-13H,1H2/t12?,13?,14-,15?,16+;10?,11-,12-,13?,14?;;2?,3-,4-,5?,6?/m10.0/s1. The molecule has 70 heavy (non-hydrogen) atoms. The van der Waals surface area contributed by atoms with Crippen LogP contribution < -0.4 is 0 Å². The number of benzene rings is 3. The Labute approximate surface area is 396 Å². The van der Waals surface area contributed by atoms with Crippen LogP contribution in [0.5, 0.6) is 0 Å². The lowest BCUT2D eigenvalue weighted by atomic mass is 9.91. The first-order chi connectivity index (χ1) is 33.5. The second kappa shape index (κ2) is 25.8. The molecule has 8 rings (SSSR count).